The number of aromatic amines is 2. The van der Waals surface area contributed by atoms with Gasteiger partial charge in [-0.15, -0.1) is 0 Å². The maximum atomic E-state index is 11.4. The minimum absolute atomic E-state index is 0.0839. The number of carbonyl (C=O) groups is 2. The average Bonchev–Trinajstić information content (AvgIpc) is 3.62. The molecular weight excluding hydrogens is 504 g/mol. The van der Waals surface area contributed by atoms with E-state index in [1.165, 1.54) is 25.0 Å². The van der Waals surface area contributed by atoms with Gasteiger partial charge < -0.3 is 30.2 Å². The second kappa shape index (κ2) is 9.54. The van der Waals surface area contributed by atoms with E-state index in [-0.39, 0.29) is 16.3 Å². The highest BCUT2D eigenvalue weighted by Crippen LogP contribution is 2.34. The highest BCUT2D eigenvalue weighted by Gasteiger charge is 2.19. The summed E-state index contributed by atoms with van der Waals surface area (Å²) in [5, 5.41) is 22.2. The molecule has 6 rings (SSSR count). The van der Waals surface area contributed by atoms with Crippen LogP contribution in [0.15, 0.2) is 42.2 Å². The molecule has 1 aliphatic rings. The fraction of sp³-hybridized carbons (Fsp3) is 0.0870. The van der Waals surface area contributed by atoms with Crippen molar-refractivity contribution in [2.45, 2.75) is 6.54 Å². The lowest BCUT2D eigenvalue weighted by Crippen LogP contribution is -2.02. The van der Waals surface area contributed by atoms with Gasteiger partial charge in [0, 0.05) is 18.6 Å². The summed E-state index contributed by atoms with van der Waals surface area (Å²) in [7, 11) is 1.58. The number of aromatic nitrogens is 6. The molecule has 0 saturated carbocycles. The number of aliphatic imine (C=N–C) groups is 1. The predicted molar refractivity (Wildman–Crippen MR) is 134 cm³/mol. The van der Waals surface area contributed by atoms with Gasteiger partial charge in [-0.3, -0.25) is 4.99 Å². The molecule has 4 aromatic heterocycles. The lowest BCUT2D eigenvalue weighted by molar-refractivity contribution is 0.0688. The predicted octanol–water partition coefficient (Wildman–Crippen LogP) is 3.65. The van der Waals surface area contributed by atoms with Crippen LogP contribution < -0.4 is 10.1 Å². The number of fused-ring (bicyclic) bond motifs is 3. The summed E-state index contributed by atoms with van der Waals surface area (Å²) in [6, 6.07) is 3.82. The van der Waals surface area contributed by atoms with E-state index in [1.54, 1.807) is 13.3 Å². The Labute approximate surface area is 212 Å². The zero-order valence-corrected chi connectivity index (χ0v) is 19.7. The van der Waals surface area contributed by atoms with E-state index >= 15 is 0 Å². The first-order valence-electron chi connectivity index (χ1n) is 10.6. The third-order valence-electron chi connectivity index (χ3n) is 5.56. The van der Waals surface area contributed by atoms with Crippen molar-refractivity contribution in [3.05, 3.63) is 64.6 Å². The smallest absolute Gasteiger partial charge is 0.338 e. The molecule has 13 nitrogen and oxygen atoms in total. The van der Waals surface area contributed by atoms with Gasteiger partial charge in [-0.05, 0) is 23.3 Å². The molecule has 1 aliphatic heterocycles. The average molecular weight is 521 g/mol. The minimum atomic E-state index is -1.05. The van der Waals surface area contributed by atoms with Crippen molar-refractivity contribution in [3.8, 4) is 5.75 Å². The zero-order valence-electron chi connectivity index (χ0n) is 19.0. The number of hydrogen-bond acceptors (Lipinski definition) is 9. The van der Waals surface area contributed by atoms with Crippen LogP contribution in [-0.2, 0) is 6.54 Å². The van der Waals surface area contributed by atoms with Crippen LogP contribution in [-0.4, -0.2) is 65.4 Å². The quantitative estimate of drug-likeness (QED) is 0.214. The SMILES string of the molecule is COc1cc2c(cc1Nc1ncnc3[nH]cc(C(=O)O)c13)C=NC2.O=C(O)c1c[nH]c2ncnc(Cl)c12. The van der Waals surface area contributed by atoms with Crippen molar-refractivity contribution in [2.75, 3.05) is 12.4 Å². The first-order valence-corrected chi connectivity index (χ1v) is 11.0. The number of H-pyrrole nitrogens is 2. The summed E-state index contributed by atoms with van der Waals surface area (Å²) >= 11 is 5.71. The first kappa shape index (κ1) is 23.7. The minimum Gasteiger partial charge on any atom is -0.495 e. The molecule has 5 heterocycles. The molecule has 5 aromatic rings. The van der Waals surface area contributed by atoms with Crippen molar-refractivity contribution < 1.29 is 24.5 Å². The summed E-state index contributed by atoms with van der Waals surface area (Å²) in [4.78, 5) is 47.7. The van der Waals surface area contributed by atoms with Gasteiger partial charge in [-0.1, -0.05) is 11.6 Å². The van der Waals surface area contributed by atoms with E-state index in [4.69, 9.17) is 21.4 Å². The van der Waals surface area contributed by atoms with Gasteiger partial charge in [-0.2, -0.15) is 0 Å². The standard InChI is InChI=1S/C16H13N5O3.C7H4ClN3O2/c1-24-12-3-9-5-17-4-8(9)2-11(12)21-15-13-10(16(22)23)6-18-14(13)19-7-20-15;8-5-4-3(7(12)13)1-9-6(4)11-2-10-5/h2-4,6-7H,5H2,1H3,(H,22,23)(H2,18,19,20,21);1-2H,(H,12,13)(H,9,10,11). The summed E-state index contributed by atoms with van der Waals surface area (Å²) in [6.07, 6.45) is 7.18. The van der Waals surface area contributed by atoms with Gasteiger partial charge in [-0.25, -0.2) is 29.5 Å². The van der Waals surface area contributed by atoms with Crippen LogP contribution in [0.25, 0.3) is 22.1 Å². The van der Waals surface area contributed by atoms with E-state index in [2.05, 4.69) is 40.2 Å². The summed E-state index contributed by atoms with van der Waals surface area (Å²) in [6.45, 7) is 0.630. The third-order valence-corrected chi connectivity index (χ3v) is 5.85. The second-order valence-electron chi connectivity index (χ2n) is 7.70. The Kier molecular flexibility index (Phi) is 6.11. The molecule has 14 heteroatoms. The number of carboxylic acids is 2. The normalized spacial score (nSPS) is 11.7. The Bertz CT molecular complexity index is 1710. The number of aromatic carboxylic acids is 2. The van der Waals surface area contributed by atoms with Gasteiger partial charge in [0.15, 0.2) is 0 Å². The molecule has 5 N–H and O–H groups in total. The Morgan fingerprint density at radius 3 is 2.30 bits per heavy atom. The number of hydrogen-bond donors (Lipinski definition) is 5. The molecule has 0 atom stereocenters. The van der Waals surface area contributed by atoms with E-state index in [1.807, 2.05) is 12.1 Å². The molecule has 0 bridgehead atoms. The van der Waals surface area contributed by atoms with E-state index in [0.29, 0.717) is 45.9 Å². The summed E-state index contributed by atoms with van der Waals surface area (Å²) < 4.78 is 5.43. The van der Waals surface area contributed by atoms with Crippen LogP contribution in [0.1, 0.15) is 31.8 Å². The molecule has 0 saturated heterocycles. The zero-order chi connectivity index (χ0) is 26.1. The van der Waals surface area contributed by atoms with Crippen LogP contribution in [0.5, 0.6) is 5.75 Å². The molecular formula is C23H17ClN8O5. The molecule has 0 aliphatic carbocycles. The maximum Gasteiger partial charge on any atom is 0.338 e. The van der Waals surface area contributed by atoms with Crippen molar-refractivity contribution in [1.29, 1.82) is 0 Å². The van der Waals surface area contributed by atoms with Crippen molar-refractivity contribution >= 4 is 63.3 Å². The van der Waals surface area contributed by atoms with Gasteiger partial charge >= 0.3 is 11.9 Å². The third kappa shape index (κ3) is 4.38. The first-order chi connectivity index (χ1) is 17.9. The van der Waals surface area contributed by atoms with E-state index in [9.17, 15) is 14.7 Å². The van der Waals surface area contributed by atoms with Crippen LogP contribution in [0, 0.1) is 0 Å². The fourth-order valence-electron chi connectivity index (χ4n) is 3.85. The van der Waals surface area contributed by atoms with Crippen molar-refractivity contribution in [2.24, 2.45) is 4.99 Å². The number of halogens is 1. The van der Waals surface area contributed by atoms with Crippen LogP contribution in [0.3, 0.4) is 0 Å². The highest BCUT2D eigenvalue weighted by atomic mass is 35.5. The highest BCUT2D eigenvalue weighted by molar-refractivity contribution is 6.35. The Morgan fingerprint density at radius 1 is 0.973 bits per heavy atom. The number of anilines is 2. The summed E-state index contributed by atoms with van der Waals surface area (Å²) in [5.41, 5.74) is 3.83. The van der Waals surface area contributed by atoms with Crippen LogP contribution in [0.4, 0.5) is 11.5 Å². The molecule has 1 aromatic carbocycles. The van der Waals surface area contributed by atoms with Crippen LogP contribution >= 0.6 is 11.6 Å². The van der Waals surface area contributed by atoms with Crippen LogP contribution in [0.2, 0.25) is 5.15 Å². The number of nitrogens with zero attached hydrogens (tertiary/aromatic N) is 5. The molecule has 0 amide bonds. The molecule has 0 fully saturated rings. The number of nitrogens with one attached hydrogen (secondary N) is 3. The van der Waals surface area contributed by atoms with E-state index in [0.717, 1.165) is 11.1 Å². The molecule has 0 unspecified atom stereocenters. The lowest BCUT2D eigenvalue weighted by Gasteiger charge is -2.13. The topological polar surface area (TPSA) is 191 Å². The number of ether oxygens (including phenoxy) is 1. The molecule has 37 heavy (non-hydrogen) atoms. The fourth-order valence-corrected chi connectivity index (χ4v) is 4.09. The van der Waals surface area contributed by atoms with E-state index < -0.39 is 11.9 Å². The largest absolute Gasteiger partial charge is 0.495 e. The Morgan fingerprint density at radius 2 is 1.62 bits per heavy atom. The second-order valence-corrected chi connectivity index (χ2v) is 8.05. The lowest BCUT2D eigenvalue weighted by atomic mass is 10.1. The summed E-state index contributed by atoms with van der Waals surface area (Å²) in [5.74, 6) is -1.07. The number of methoxy groups -OCH3 is 1. The van der Waals surface area contributed by atoms with Crippen molar-refractivity contribution in [3.63, 3.8) is 0 Å². The molecule has 186 valence electrons. The van der Waals surface area contributed by atoms with Gasteiger partial charge in [0.2, 0.25) is 0 Å². The number of benzene rings is 1. The Hall–Kier alpha value is -5.04. The van der Waals surface area contributed by atoms with Crippen molar-refractivity contribution in [1.82, 2.24) is 29.9 Å². The number of carboxylic acid groups (broad SMARTS) is 2. The Balaban J connectivity index is 0.000000182. The molecule has 0 radical (unpaired) electrons. The number of rotatable bonds is 5. The van der Waals surface area contributed by atoms with Gasteiger partial charge in [0.25, 0.3) is 0 Å². The maximum absolute atomic E-state index is 11.4. The molecule has 0 spiro atoms. The van der Waals surface area contributed by atoms with Gasteiger partial charge in [0.1, 0.15) is 40.7 Å². The van der Waals surface area contributed by atoms with Gasteiger partial charge in [0.05, 0.1) is 41.2 Å². The monoisotopic (exact) mass is 520 g/mol.